The molecule has 3 aromatic carbocycles. The van der Waals surface area contributed by atoms with Crippen LogP contribution < -0.4 is 14.8 Å². The molecule has 1 aliphatic rings. The van der Waals surface area contributed by atoms with Crippen LogP contribution in [0.5, 0.6) is 11.5 Å². The third-order valence-corrected chi connectivity index (χ3v) is 6.22. The minimum Gasteiger partial charge on any atom is -0.493 e. The van der Waals surface area contributed by atoms with Gasteiger partial charge < -0.3 is 14.8 Å². The molecule has 1 atom stereocenters. The summed E-state index contributed by atoms with van der Waals surface area (Å²) >= 11 is 0. The van der Waals surface area contributed by atoms with Crippen molar-refractivity contribution in [2.75, 3.05) is 19.5 Å². The quantitative estimate of drug-likeness (QED) is 0.380. The van der Waals surface area contributed by atoms with Gasteiger partial charge in [0.15, 0.2) is 17.3 Å². The first-order valence-electron chi connectivity index (χ1n) is 11.5. The van der Waals surface area contributed by atoms with Gasteiger partial charge in [-0.1, -0.05) is 42.0 Å². The molecule has 1 amide bonds. The number of para-hydroxylation sites is 1. The number of halogens is 1. The first kappa shape index (κ1) is 23.3. The minimum atomic E-state index is -0.381. The van der Waals surface area contributed by atoms with Crippen LogP contribution in [-0.2, 0) is 0 Å². The van der Waals surface area contributed by atoms with E-state index in [9.17, 15) is 9.18 Å². The van der Waals surface area contributed by atoms with E-state index < -0.39 is 0 Å². The van der Waals surface area contributed by atoms with E-state index in [0.29, 0.717) is 35.0 Å². The van der Waals surface area contributed by atoms with Crippen LogP contribution in [0.1, 0.15) is 39.5 Å². The molecule has 4 aromatic rings. The van der Waals surface area contributed by atoms with E-state index in [1.165, 1.54) is 30.5 Å². The normalized spacial score (nSPS) is 14.6. The van der Waals surface area contributed by atoms with Crippen LogP contribution in [-0.4, -0.2) is 35.6 Å². The van der Waals surface area contributed by atoms with Crippen LogP contribution in [0.3, 0.4) is 0 Å². The number of rotatable bonds is 6. The van der Waals surface area contributed by atoms with Crippen LogP contribution >= 0.6 is 0 Å². The van der Waals surface area contributed by atoms with E-state index in [1.54, 1.807) is 18.9 Å². The topological polar surface area (TPSA) is 77.7 Å². The molecule has 0 bridgehead atoms. The van der Waals surface area contributed by atoms with Crippen molar-refractivity contribution < 1.29 is 18.7 Å². The summed E-state index contributed by atoms with van der Waals surface area (Å²) in [6.07, 6.45) is 2.05. The highest BCUT2D eigenvalue weighted by Crippen LogP contribution is 2.42. The Kier molecular flexibility index (Phi) is 6.25. The Labute approximate surface area is 208 Å². The molecule has 2 heterocycles. The molecule has 1 aliphatic heterocycles. The fourth-order valence-electron chi connectivity index (χ4n) is 4.37. The molecule has 0 radical (unpaired) electrons. The van der Waals surface area contributed by atoms with E-state index in [1.807, 2.05) is 49.4 Å². The summed E-state index contributed by atoms with van der Waals surface area (Å²) in [6.45, 7) is 2.03. The Morgan fingerprint density at radius 3 is 2.47 bits per heavy atom. The molecule has 1 N–H and O–H groups in total. The van der Waals surface area contributed by atoms with E-state index in [0.717, 1.165) is 22.4 Å². The third kappa shape index (κ3) is 4.33. The number of carbonyl (C=O) groups excluding carboxylic acids is 1. The van der Waals surface area contributed by atoms with Gasteiger partial charge in [-0.25, -0.2) is 14.1 Å². The van der Waals surface area contributed by atoms with Crippen molar-refractivity contribution in [3.63, 3.8) is 0 Å². The number of hydrogen-bond acceptors (Lipinski definition) is 5. The first-order chi connectivity index (χ1) is 17.5. The lowest BCUT2D eigenvalue weighted by molar-refractivity contribution is 0.102. The molecule has 5 rings (SSSR count). The number of carbonyl (C=O) groups is 1. The second-order valence-corrected chi connectivity index (χ2v) is 8.51. The maximum absolute atomic E-state index is 13.3. The van der Waals surface area contributed by atoms with E-state index in [2.05, 4.69) is 10.4 Å². The van der Waals surface area contributed by atoms with Crippen molar-refractivity contribution in [1.29, 1.82) is 0 Å². The number of benzene rings is 3. The molecule has 7 nitrogen and oxygen atoms in total. The van der Waals surface area contributed by atoms with Gasteiger partial charge >= 0.3 is 0 Å². The van der Waals surface area contributed by atoms with Gasteiger partial charge in [0.2, 0.25) is 0 Å². The van der Waals surface area contributed by atoms with Crippen LogP contribution in [0.4, 0.5) is 15.9 Å². The van der Waals surface area contributed by atoms with Gasteiger partial charge in [-0.3, -0.25) is 4.79 Å². The Balaban J connectivity index is 1.61. The molecule has 0 saturated carbocycles. The SMILES string of the molecule is COc1cccc(C2CC(c3ccc(C)cc3)=Nc3c(C(=O)Nc4ccc(F)cc4)cnn32)c1OC. The summed E-state index contributed by atoms with van der Waals surface area (Å²) in [7, 11) is 3.20. The van der Waals surface area contributed by atoms with E-state index in [-0.39, 0.29) is 17.8 Å². The number of aromatic nitrogens is 2. The van der Waals surface area contributed by atoms with Gasteiger partial charge in [-0.05, 0) is 42.8 Å². The Morgan fingerprint density at radius 2 is 1.78 bits per heavy atom. The molecule has 0 spiro atoms. The highest BCUT2D eigenvalue weighted by atomic mass is 19.1. The fraction of sp³-hybridized carbons (Fsp3) is 0.179. The number of nitrogens with zero attached hydrogens (tertiary/aromatic N) is 3. The molecule has 8 heteroatoms. The fourth-order valence-corrected chi connectivity index (χ4v) is 4.37. The number of ether oxygens (including phenoxy) is 2. The van der Waals surface area contributed by atoms with Crippen molar-refractivity contribution in [2.45, 2.75) is 19.4 Å². The first-order valence-corrected chi connectivity index (χ1v) is 11.5. The maximum Gasteiger partial charge on any atom is 0.261 e. The van der Waals surface area contributed by atoms with Gasteiger partial charge in [-0.2, -0.15) is 5.10 Å². The van der Waals surface area contributed by atoms with Crippen molar-refractivity contribution in [1.82, 2.24) is 9.78 Å². The van der Waals surface area contributed by atoms with Crippen LogP contribution in [0.15, 0.2) is 77.9 Å². The van der Waals surface area contributed by atoms with Gasteiger partial charge in [-0.15, -0.1) is 0 Å². The predicted molar refractivity (Wildman–Crippen MR) is 136 cm³/mol. The summed E-state index contributed by atoms with van der Waals surface area (Å²) in [4.78, 5) is 18.1. The summed E-state index contributed by atoms with van der Waals surface area (Å²) < 4.78 is 26.3. The number of fused-ring (bicyclic) bond motifs is 1. The van der Waals surface area contributed by atoms with E-state index >= 15 is 0 Å². The second kappa shape index (κ2) is 9.65. The summed E-state index contributed by atoms with van der Waals surface area (Å²) in [5.74, 6) is 0.893. The Bertz CT molecular complexity index is 1440. The molecule has 1 unspecified atom stereocenters. The van der Waals surface area contributed by atoms with Crippen LogP contribution in [0.2, 0.25) is 0 Å². The molecule has 0 aliphatic carbocycles. The number of methoxy groups -OCH3 is 2. The summed E-state index contributed by atoms with van der Waals surface area (Å²) in [5.41, 5.74) is 4.59. The molecule has 36 heavy (non-hydrogen) atoms. The number of amides is 1. The Morgan fingerprint density at radius 1 is 1.03 bits per heavy atom. The number of aryl methyl sites for hydroxylation is 1. The average molecular weight is 485 g/mol. The molecule has 1 aromatic heterocycles. The van der Waals surface area contributed by atoms with Crippen molar-refractivity contribution in [3.05, 3.63) is 101 Å². The van der Waals surface area contributed by atoms with Gasteiger partial charge in [0.25, 0.3) is 5.91 Å². The standard InChI is InChI=1S/C28H25FN4O3/c1-17-7-9-18(10-8-17)23-15-24(21-5-4-6-25(35-2)26(21)36-3)33-27(32-23)22(16-30-33)28(34)31-20-13-11-19(29)12-14-20/h4-14,16,24H,15H2,1-3H3,(H,31,34). The van der Waals surface area contributed by atoms with Gasteiger partial charge in [0.05, 0.1) is 32.2 Å². The Hall–Kier alpha value is -4.46. The second-order valence-electron chi connectivity index (χ2n) is 8.51. The van der Waals surface area contributed by atoms with Crippen molar-refractivity contribution in [3.8, 4) is 11.5 Å². The maximum atomic E-state index is 13.3. The lowest BCUT2D eigenvalue weighted by atomic mass is 9.94. The minimum absolute atomic E-state index is 0.286. The largest absolute Gasteiger partial charge is 0.493 e. The highest BCUT2D eigenvalue weighted by Gasteiger charge is 2.32. The summed E-state index contributed by atoms with van der Waals surface area (Å²) in [6, 6.07) is 19.1. The zero-order valence-electron chi connectivity index (χ0n) is 20.2. The molecular weight excluding hydrogens is 459 g/mol. The molecular formula is C28H25FN4O3. The van der Waals surface area contributed by atoms with Gasteiger partial charge in [0, 0.05) is 17.7 Å². The molecule has 182 valence electrons. The lowest BCUT2D eigenvalue weighted by Crippen LogP contribution is -2.22. The smallest absolute Gasteiger partial charge is 0.261 e. The number of nitrogens with one attached hydrogen (secondary N) is 1. The number of anilines is 1. The highest BCUT2D eigenvalue weighted by molar-refractivity contribution is 6.09. The summed E-state index contributed by atoms with van der Waals surface area (Å²) in [5, 5.41) is 7.36. The van der Waals surface area contributed by atoms with Gasteiger partial charge in [0.1, 0.15) is 11.4 Å². The number of aliphatic imine (C=N–C) groups is 1. The third-order valence-electron chi connectivity index (χ3n) is 6.22. The van der Waals surface area contributed by atoms with Crippen molar-refractivity contribution >= 4 is 23.1 Å². The van der Waals surface area contributed by atoms with Crippen LogP contribution in [0.25, 0.3) is 0 Å². The molecule has 0 fully saturated rings. The van der Waals surface area contributed by atoms with Crippen molar-refractivity contribution in [2.24, 2.45) is 4.99 Å². The lowest BCUT2D eigenvalue weighted by Gasteiger charge is -2.27. The average Bonchev–Trinajstić information content (AvgIpc) is 3.33. The zero-order valence-corrected chi connectivity index (χ0v) is 20.2. The van der Waals surface area contributed by atoms with E-state index in [4.69, 9.17) is 14.5 Å². The predicted octanol–water partition coefficient (Wildman–Crippen LogP) is 5.71. The van der Waals surface area contributed by atoms with Crippen LogP contribution in [0, 0.1) is 12.7 Å². The number of hydrogen-bond donors (Lipinski definition) is 1. The monoisotopic (exact) mass is 484 g/mol. The molecule has 0 saturated heterocycles. The zero-order chi connectivity index (χ0) is 25.2.